The van der Waals surface area contributed by atoms with E-state index in [9.17, 15) is 0 Å². The minimum atomic E-state index is 0.667. The Labute approximate surface area is 211 Å². The number of rotatable bonds is 11. The molecule has 0 atom stereocenters. The number of hydrogen-bond donors (Lipinski definition) is 2. The van der Waals surface area contributed by atoms with E-state index in [-0.39, 0.29) is 0 Å². The van der Waals surface area contributed by atoms with Crippen molar-refractivity contribution >= 4 is 11.4 Å². The topological polar surface area (TPSA) is 52.0 Å². The molecule has 2 heteroatoms. The number of hydrogen-bond acceptors (Lipinski definition) is 2. The van der Waals surface area contributed by atoms with Gasteiger partial charge in [-0.3, -0.25) is 0 Å². The largest absolute Gasteiger partial charge is 0.399 e. The third-order valence-corrected chi connectivity index (χ3v) is 6.84. The lowest BCUT2D eigenvalue weighted by Gasteiger charge is -2.18. The van der Waals surface area contributed by atoms with Gasteiger partial charge in [0, 0.05) is 11.4 Å². The van der Waals surface area contributed by atoms with Gasteiger partial charge in [0.2, 0.25) is 0 Å². The fourth-order valence-corrected chi connectivity index (χ4v) is 4.76. The highest BCUT2D eigenvalue weighted by Gasteiger charge is 2.11. The van der Waals surface area contributed by atoms with Gasteiger partial charge in [0.05, 0.1) is 0 Å². The van der Waals surface area contributed by atoms with Gasteiger partial charge in [-0.15, -0.1) is 0 Å². The van der Waals surface area contributed by atoms with Crippen LogP contribution in [0.4, 0.5) is 11.4 Å². The zero-order valence-electron chi connectivity index (χ0n) is 20.9. The molecule has 0 spiro atoms. The van der Waals surface area contributed by atoms with Gasteiger partial charge in [0.25, 0.3) is 0 Å². The first-order valence-electron chi connectivity index (χ1n) is 12.9. The van der Waals surface area contributed by atoms with Crippen molar-refractivity contribution in [2.24, 2.45) is 5.92 Å². The molecule has 0 aliphatic heterocycles. The molecule has 2 nitrogen and oxygen atoms in total. The fraction of sp³-hybridized carbons (Fsp3) is 0.273. The Morgan fingerprint density at radius 3 is 1.14 bits per heavy atom. The molecule has 35 heavy (non-hydrogen) atoms. The summed E-state index contributed by atoms with van der Waals surface area (Å²) in [7, 11) is 0. The van der Waals surface area contributed by atoms with Gasteiger partial charge in [-0.1, -0.05) is 92.6 Å². The van der Waals surface area contributed by atoms with Gasteiger partial charge in [-0.25, -0.2) is 0 Å². The molecule has 0 aliphatic rings. The van der Waals surface area contributed by atoms with Crippen LogP contribution >= 0.6 is 0 Å². The van der Waals surface area contributed by atoms with Crippen LogP contribution in [0.5, 0.6) is 0 Å². The van der Waals surface area contributed by atoms with Gasteiger partial charge < -0.3 is 11.5 Å². The zero-order valence-corrected chi connectivity index (χ0v) is 20.9. The van der Waals surface area contributed by atoms with E-state index >= 15 is 0 Å². The van der Waals surface area contributed by atoms with E-state index in [1.54, 1.807) is 0 Å². The molecule has 0 bridgehead atoms. The van der Waals surface area contributed by atoms with Crippen LogP contribution in [-0.4, -0.2) is 0 Å². The predicted molar refractivity (Wildman–Crippen MR) is 151 cm³/mol. The van der Waals surface area contributed by atoms with Crippen LogP contribution in [0.25, 0.3) is 0 Å². The van der Waals surface area contributed by atoms with E-state index in [1.165, 1.54) is 52.6 Å². The van der Waals surface area contributed by atoms with E-state index in [0.717, 1.165) is 37.1 Å². The molecule has 0 unspecified atom stereocenters. The second kappa shape index (κ2) is 12.3. The van der Waals surface area contributed by atoms with Crippen LogP contribution in [0, 0.1) is 5.92 Å². The van der Waals surface area contributed by atoms with Crippen LogP contribution in [0.2, 0.25) is 0 Å². The van der Waals surface area contributed by atoms with Crippen LogP contribution in [0.3, 0.4) is 0 Å². The van der Waals surface area contributed by atoms with Gasteiger partial charge >= 0.3 is 0 Å². The van der Waals surface area contributed by atoms with Crippen molar-refractivity contribution in [2.45, 2.75) is 51.9 Å². The molecule has 0 amide bonds. The third kappa shape index (κ3) is 7.75. The summed E-state index contributed by atoms with van der Waals surface area (Å²) in [5.41, 5.74) is 21.4. The molecule has 0 heterocycles. The summed E-state index contributed by atoms with van der Waals surface area (Å²) in [5, 5.41) is 0. The highest BCUT2D eigenvalue weighted by Crippen LogP contribution is 2.22. The Bertz CT molecular complexity index is 1060. The van der Waals surface area contributed by atoms with Crippen LogP contribution in [-0.2, 0) is 25.7 Å². The van der Waals surface area contributed by atoms with E-state index in [4.69, 9.17) is 11.5 Å². The Morgan fingerprint density at radius 1 is 0.486 bits per heavy atom. The smallest absolute Gasteiger partial charge is 0.0314 e. The van der Waals surface area contributed by atoms with E-state index in [2.05, 4.69) is 79.7 Å². The maximum atomic E-state index is 5.82. The van der Waals surface area contributed by atoms with Crippen molar-refractivity contribution in [2.75, 3.05) is 11.5 Å². The molecule has 0 aliphatic carbocycles. The van der Waals surface area contributed by atoms with Crippen molar-refractivity contribution in [3.8, 4) is 0 Å². The standard InChI is InChI=1S/C33H38N2/c1-2-3-4-31(23-27-9-5-25(6-10-27)21-29-13-17-32(34)18-14-29)24-28-11-7-26(8-12-28)22-30-15-19-33(35)20-16-30/h5-20,31H,2-4,21-24,34-35H2,1H3. The summed E-state index contributed by atoms with van der Waals surface area (Å²) in [6.45, 7) is 2.29. The van der Waals surface area contributed by atoms with E-state index < -0.39 is 0 Å². The monoisotopic (exact) mass is 462 g/mol. The van der Waals surface area contributed by atoms with E-state index in [0.29, 0.717) is 5.92 Å². The zero-order chi connectivity index (χ0) is 24.5. The Morgan fingerprint density at radius 2 is 0.800 bits per heavy atom. The summed E-state index contributed by atoms with van der Waals surface area (Å²) in [6, 6.07) is 34.8. The molecule has 0 fully saturated rings. The average molecular weight is 463 g/mol. The van der Waals surface area contributed by atoms with Gasteiger partial charge in [-0.05, 0) is 95.7 Å². The summed E-state index contributed by atoms with van der Waals surface area (Å²) < 4.78 is 0. The number of nitrogens with two attached hydrogens (primary N) is 2. The Balaban J connectivity index is 1.36. The van der Waals surface area contributed by atoms with E-state index in [1.807, 2.05) is 24.3 Å². The van der Waals surface area contributed by atoms with Crippen molar-refractivity contribution in [1.82, 2.24) is 0 Å². The van der Waals surface area contributed by atoms with Crippen LogP contribution < -0.4 is 11.5 Å². The SMILES string of the molecule is CCCCC(Cc1ccc(Cc2ccc(N)cc2)cc1)Cc1ccc(Cc2ccc(N)cc2)cc1. The minimum Gasteiger partial charge on any atom is -0.399 e. The number of benzene rings is 4. The first-order chi connectivity index (χ1) is 17.1. The summed E-state index contributed by atoms with van der Waals surface area (Å²) in [4.78, 5) is 0. The molecule has 0 radical (unpaired) electrons. The molecular weight excluding hydrogens is 424 g/mol. The van der Waals surface area contributed by atoms with Crippen molar-refractivity contribution in [1.29, 1.82) is 0 Å². The summed E-state index contributed by atoms with van der Waals surface area (Å²) >= 11 is 0. The molecular formula is C33H38N2. The number of nitrogen functional groups attached to an aromatic ring is 2. The van der Waals surface area contributed by atoms with Crippen LogP contribution in [0.1, 0.15) is 59.6 Å². The normalized spacial score (nSPS) is 11.1. The summed E-state index contributed by atoms with van der Waals surface area (Å²) in [6.07, 6.45) is 7.97. The molecule has 0 saturated heterocycles. The second-order valence-electron chi connectivity index (χ2n) is 9.89. The van der Waals surface area contributed by atoms with Gasteiger partial charge in [0.1, 0.15) is 0 Å². The minimum absolute atomic E-state index is 0.667. The average Bonchev–Trinajstić information content (AvgIpc) is 2.87. The highest BCUT2D eigenvalue weighted by molar-refractivity contribution is 5.42. The highest BCUT2D eigenvalue weighted by atomic mass is 14.5. The molecule has 4 aromatic carbocycles. The lowest BCUT2D eigenvalue weighted by molar-refractivity contribution is 0.460. The number of anilines is 2. The Kier molecular flexibility index (Phi) is 8.62. The molecule has 4 N–H and O–H groups in total. The Hall–Kier alpha value is -3.52. The maximum Gasteiger partial charge on any atom is 0.0314 e. The molecule has 4 rings (SSSR count). The van der Waals surface area contributed by atoms with Crippen molar-refractivity contribution in [3.63, 3.8) is 0 Å². The van der Waals surface area contributed by atoms with Crippen LogP contribution in [0.15, 0.2) is 97.1 Å². The summed E-state index contributed by atoms with van der Waals surface area (Å²) in [5.74, 6) is 0.667. The quantitative estimate of drug-likeness (QED) is 0.225. The van der Waals surface area contributed by atoms with Crippen molar-refractivity contribution < 1.29 is 0 Å². The second-order valence-corrected chi connectivity index (χ2v) is 9.89. The third-order valence-electron chi connectivity index (χ3n) is 6.84. The number of unbranched alkanes of at least 4 members (excludes halogenated alkanes) is 1. The maximum absolute atomic E-state index is 5.82. The lowest BCUT2D eigenvalue weighted by Crippen LogP contribution is -2.09. The van der Waals surface area contributed by atoms with Gasteiger partial charge in [0.15, 0.2) is 0 Å². The lowest BCUT2D eigenvalue weighted by atomic mass is 9.87. The molecule has 0 saturated carbocycles. The van der Waals surface area contributed by atoms with Crippen molar-refractivity contribution in [3.05, 3.63) is 130 Å². The fourth-order valence-electron chi connectivity index (χ4n) is 4.76. The first-order valence-corrected chi connectivity index (χ1v) is 12.9. The van der Waals surface area contributed by atoms with Gasteiger partial charge in [-0.2, -0.15) is 0 Å². The molecule has 0 aromatic heterocycles. The predicted octanol–water partition coefficient (Wildman–Crippen LogP) is 7.62. The first kappa shape index (κ1) is 24.6. The molecule has 4 aromatic rings. The molecule has 180 valence electrons.